The summed E-state index contributed by atoms with van der Waals surface area (Å²) < 4.78 is 22.3. The van der Waals surface area contributed by atoms with Gasteiger partial charge in [0, 0.05) is 59.4 Å². The Morgan fingerprint density at radius 3 is 1.73 bits per heavy atom. The van der Waals surface area contributed by atoms with E-state index in [2.05, 4.69) is 21.1 Å². The number of carbonyl (C=O) groups is 4. The first-order valence-corrected chi connectivity index (χ1v) is 15.4. The van der Waals surface area contributed by atoms with Gasteiger partial charge in [0.25, 0.3) is 0 Å². The molecule has 0 radical (unpaired) electrons. The van der Waals surface area contributed by atoms with Crippen LogP contribution in [0.3, 0.4) is 0 Å². The topological polar surface area (TPSA) is 234 Å². The SMILES string of the molecule is CNC(=O)CN1CCN(CC(=O)O)CCN(CC(=O)NC2CN=C3SC(S(N)(=O)=O)NN32)CCN(CC(=O)O)CC1. The fourth-order valence-electron chi connectivity index (χ4n) is 4.49. The lowest BCUT2D eigenvalue weighted by Gasteiger charge is -2.33. The van der Waals surface area contributed by atoms with Gasteiger partial charge in [0.15, 0.2) is 9.87 Å². The number of thioether (sulfide) groups is 1. The van der Waals surface area contributed by atoms with E-state index in [4.69, 9.17) is 5.14 Å². The van der Waals surface area contributed by atoms with Crippen LogP contribution in [0.25, 0.3) is 0 Å². The van der Waals surface area contributed by atoms with Gasteiger partial charge >= 0.3 is 11.9 Å². The zero-order valence-electron chi connectivity index (χ0n) is 22.8. The van der Waals surface area contributed by atoms with Gasteiger partial charge in [0.05, 0.1) is 32.7 Å². The van der Waals surface area contributed by atoms with Gasteiger partial charge in [-0.3, -0.25) is 48.8 Å². The quantitative estimate of drug-likeness (QED) is 0.134. The Morgan fingerprint density at radius 1 is 0.878 bits per heavy atom. The van der Waals surface area contributed by atoms with Crippen LogP contribution in [0.15, 0.2) is 4.99 Å². The van der Waals surface area contributed by atoms with Gasteiger partial charge in [-0.05, 0) is 11.8 Å². The van der Waals surface area contributed by atoms with E-state index in [0.29, 0.717) is 57.5 Å². The number of hydrogen-bond donors (Lipinski definition) is 6. The van der Waals surface area contributed by atoms with Gasteiger partial charge in [-0.1, -0.05) is 0 Å². The predicted molar refractivity (Wildman–Crippen MR) is 149 cm³/mol. The number of aliphatic carboxylic acids is 2. The summed E-state index contributed by atoms with van der Waals surface area (Å²) in [4.78, 5) is 59.4. The minimum atomic E-state index is -3.88. The molecule has 2 fully saturated rings. The highest BCUT2D eigenvalue weighted by molar-refractivity contribution is 8.22. The third kappa shape index (κ3) is 10.6. The van der Waals surface area contributed by atoms with Crippen LogP contribution in [-0.2, 0) is 29.2 Å². The summed E-state index contributed by atoms with van der Waals surface area (Å²) in [6, 6.07) is 0. The number of hydrogen-bond acceptors (Lipinski definition) is 14. The first kappa shape index (κ1) is 32.9. The first-order valence-electron chi connectivity index (χ1n) is 12.9. The molecule has 2 unspecified atom stereocenters. The summed E-state index contributed by atoms with van der Waals surface area (Å²) in [7, 11) is -2.36. The Morgan fingerprint density at radius 2 is 1.32 bits per heavy atom. The number of primary sulfonamides is 1. The van der Waals surface area contributed by atoms with E-state index in [1.807, 2.05) is 9.80 Å². The standard InChI is InChI=1S/C21H38N10O8S2/c1-23-16(32)11-27-2-6-29(13-18(34)35)8-4-28(5-9-30(7-3-27)14-19(36)37)12-17(33)25-15-10-24-20-31(15)26-21(40-20)41(22,38)39/h15,21,26H,2-14H2,1H3,(H,23,32)(H,25,33)(H,34,35)(H,36,37)(H2,22,38,39). The third-order valence-corrected chi connectivity index (χ3v) is 9.31. The summed E-state index contributed by atoms with van der Waals surface area (Å²) in [6.45, 7) is 2.62. The molecule has 3 aliphatic heterocycles. The molecule has 0 aromatic rings. The van der Waals surface area contributed by atoms with Crippen LogP contribution in [-0.4, -0.2) is 175 Å². The van der Waals surface area contributed by atoms with Crippen LogP contribution in [0.1, 0.15) is 0 Å². The molecule has 0 aliphatic carbocycles. The molecular formula is C21H38N10O8S2. The largest absolute Gasteiger partial charge is 0.480 e. The molecule has 2 saturated heterocycles. The predicted octanol–water partition coefficient (Wildman–Crippen LogP) is -4.94. The Kier molecular flexibility index (Phi) is 12.1. The molecule has 232 valence electrons. The number of nitrogens with zero attached hydrogens (tertiary/aromatic N) is 6. The molecule has 0 spiro atoms. The maximum absolute atomic E-state index is 13.0. The van der Waals surface area contributed by atoms with Gasteiger partial charge in [-0.2, -0.15) is 0 Å². The first-order chi connectivity index (χ1) is 19.3. The van der Waals surface area contributed by atoms with E-state index >= 15 is 0 Å². The van der Waals surface area contributed by atoms with Crippen molar-refractivity contribution in [2.75, 3.05) is 92.1 Å². The van der Waals surface area contributed by atoms with Crippen LogP contribution in [0.2, 0.25) is 0 Å². The highest BCUT2D eigenvalue weighted by Crippen LogP contribution is 2.28. The molecule has 20 heteroatoms. The van der Waals surface area contributed by atoms with Crippen molar-refractivity contribution in [1.82, 2.24) is 40.7 Å². The number of carboxylic acids is 2. The van der Waals surface area contributed by atoms with Crippen molar-refractivity contribution in [1.29, 1.82) is 0 Å². The Labute approximate surface area is 242 Å². The number of amidine groups is 1. The molecule has 0 aromatic heterocycles. The van der Waals surface area contributed by atoms with E-state index in [-0.39, 0.29) is 44.5 Å². The molecule has 3 rings (SSSR count). The molecule has 41 heavy (non-hydrogen) atoms. The summed E-state index contributed by atoms with van der Waals surface area (Å²) >= 11 is 0.940. The van der Waals surface area contributed by atoms with Crippen LogP contribution >= 0.6 is 11.8 Å². The van der Waals surface area contributed by atoms with Crippen molar-refractivity contribution >= 4 is 50.7 Å². The van der Waals surface area contributed by atoms with Crippen molar-refractivity contribution in [2.45, 2.75) is 10.9 Å². The van der Waals surface area contributed by atoms with E-state index in [9.17, 15) is 37.8 Å². The number of amides is 2. The molecule has 0 saturated carbocycles. The van der Waals surface area contributed by atoms with Gasteiger partial charge in [-0.25, -0.2) is 19.0 Å². The maximum atomic E-state index is 13.0. The van der Waals surface area contributed by atoms with Crippen molar-refractivity contribution < 1.29 is 37.8 Å². The molecular weight excluding hydrogens is 584 g/mol. The lowest BCUT2D eigenvalue weighted by molar-refractivity contribution is -0.139. The molecule has 18 nitrogen and oxygen atoms in total. The zero-order valence-corrected chi connectivity index (χ0v) is 24.4. The summed E-state index contributed by atoms with van der Waals surface area (Å²) in [6.07, 6.45) is -0.623. The number of aliphatic imine (C=N–C) groups is 1. The molecule has 2 amide bonds. The van der Waals surface area contributed by atoms with E-state index < -0.39 is 32.8 Å². The smallest absolute Gasteiger partial charge is 0.317 e. The highest BCUT2D eigenvalue weighted by atomic mass is 32.3. The molecule has 7 N–H and O–H groups in total. The number of likely N-dealkylation sites (N-methyl/N-ethyl adjacent to an activating group) is 1. The third-order valence-electron chi connectivity index (χ3n) is 6.66. The average molecular weight is 623 g/mol. The van der Waals surface area contributed by atoms with E-state index in [1.54, 1.807) is 9.80 Å². The fourth-order valence-corrected chi connectivity index (χ4v) is 6.35. The molecule has 0 aromatic carbocycles. The second-order valence-electron chi connectivity index (χ2n) is 9.81. The van der Waals surface area contributed by atoms with Crippen LogP contribution < -0.4 is 21.2 Å². The van der Waals surface area contributed by atoms with Crippen LogP contribution in [0.5, 0.6) is 0 Å². The number of carbonyl (C=O) groups excluding carboxylic acids is 2. The monoisotopic (exact) mass is 622 g/mol. The zero-order chi connectivity index (χ0) is 30.2. The van der Waals surface area contributed by atoms with E-state index in [0.717, 1.165) is 11.8 Å². The number of sulfonamides is 1. The second-order valence-corrected chi connectivity index (χ2v) is 12.8. The summed E-state index contributed by atoms with van der Waals surface area (Å²) in [5.41, 5.74) is 2.74. The number of hydrazine groups is 1. The van der Waals surface area contributed by atoms with Crippen molar-refractivity contribution in [3.8, 4) is 0 Å². The number of rotatable bonds is 10. The summed E-state index contributed by atoms with van der Waals surface area (Å²) in [5.74, 6) is -2.57. The second kappa shape index (κ2) is 15.0. The molecule has 3 heterocycles. The van der Waals surface area contributed by atoms with Crippen molar-refractivity contribution in [2.24, 2.45) is 10.1 Å². The molecule has 0 bridgehead atoms. The highest BCUT2D eigenvalue weighted by Gasteiger charge is 2.42. The van der Waals surface area contributed by atoms with Crippen molar-refractivity contribution in [3.05, 3.63) is 0 Å². The maximum Gasteiger partial charge on any atom is 0.317 e. The van der Waals surface area contributed by atoms with Crippen molar-refractivity contribution in [3.63, 3.8) is 0 Å². The van der Waals surface area contributed by atoms with Gasteiger partial charge in [0.2, 0.25) is 21.8 Å². The van der Waals surface area contributed by atoms with Gasteiger partial charge in [0.1, 0.15) is 6.17 Å². The Balaban J connectivity index is 1.66. The lowest BCUT2D eigenvalue weighted by Crippen LogP contribution is -2.56. The van der Waals surface area contributed by atoms with E-state index in [1.165, 1.54) is 12.1 Å². The van der Waals surface area contributed by atoms with Gasteiger partial charge < -0.3 is 20.8 Å². The minimum absolute atomic E-state index is 0.0595. The fraction of sp³-hybridized carbons (Fsp3) is 0.762. The van der Waals surface area contributed by atoms with Gasteiger partial charge in [-0.15, -0.1) is 0 Å². The number of fused-ring (bicyclic) bond motifs is 1. The number of carboxylic acid groups (broad SMARTS) is 2. The minimum Gasteiger partial charge on any atom is -0.480 e. The molecule has 2 atom stereocenters. The van der Waals surface area contributed by atoms with Crippen LogP contribution in [0.4, 0.5) is 0 Å². The van der Waals surface area contributed by atoms with Crippen LogP contribution in [0, 0.1) is 0 Å². The lowest BCUT2D eigenvalue weighted by atomic mass is 10.3. The Hall–Kier alpha value is -2.59. The number of nitrogens with one attached hydrogen (secondary N) is 3. The Bertz CT molecular complexity index is 1080. The number of nitrogens with two attached hydrogens (primary N) is 1. The average Bonchev–Trinajstić information content (AvgIpc) is 3.47. The summed E-state index contributed by atoms with van der Waals surface area (Å²) in [5, 5.41) is 31.3. The normalized spacial score (nSPS) is 24.1. The molecule has 3 aliphatic rings.